The lowest BCUT2D eigenvalue weighted by atomic mass is 9.99. The van der Waals surface area contributed by atoms with E-state index in [-0.39, 0.29) is 0 Å². The molecule has 0 aliphatic heterocycles. The first-order chi connectivity index (χ1) is 30.7. The SMILES string of the molecule is c1ccc(-c2cccc(-c3nc(-c4cccc(-c5ccc6c(c5)oc5cccc(-c7nc(-c8ccccc8)nc(-c8ccccc8)n7)c56)c4)nc4c3oc3ccccc34)c2)cc1. The Bertz CT molecular complexity index is 3580. The largest absolute Gasteiger partial charge is 0.456 e. The number of aromatic nitrogens is 5. The highest BCUT2D eigenvalue weighted by Gasteiger charge is 2.21. The van der Waals surface area contributed by atoms with Crippen LogP contribution in [0.15, 0.2) is 209 Å². The van der Waals surface area contributed by atoms with Crippen molar-refractivity contribution in [2.24, 2.45) is 0 Å². The van der Waals surface area contributed by atoms with E-state index in [4.69, 9.17) is 33.8 Å². The highest BCUT2D eigenvalue weighted by molar-refractivity contribution is 6.12. The van der Waals surface area contributed by atoms with Crippen LogP contribution < -0.4 is 0 Å². The molecule has 8 aromatic carbocycles. The highest BCUT2D eigenvalue weighted by atomic mass is 16.3. The normalized spacial score (nSPS) is 11.5. The second-order valence-corrected chi connectivity index (χ2v) is 15.2. The van der Waals surface area contributed by atoms with Crippen LogP contribution in [0.2, 0.25) is 0 Å². The Morgan fingerprint density at radius 2 is 0.823 bits per heavy atom. The van der Waals surface area contributed by atoms with Gasteiger partial charge in [-0.25, -0.2) is 24.9 Å². The van der Waals surface area contributed by atoms with Gasteiger partial charge in [-0.3, -0.25) is 0 Å². The first-order valence-corrected chi connectivity index (χ1v) is 20.5. The summed E-state index contributed by atoms with van der Waals surface area (Å²) in [6, 6.07) is 67.7. The molecule has 7 heteroatoms. The van der Waals surface area contributed by atoms with E-state index in [2.05, 4.69) is 103 Å². The van der Waals surface area contributed by atoms with Crippen LogP contribution in [0, 0.1) is 0 Å². The smallest absolute Gasteiger partial charge is 0.180 e. The number of rotatable bonds is 7. The Balaban J connectivity index is 0.965. The van der Waals surface area contributed by atoms with Gasteiger partial charge >= 0.3 is 0 Å². The Morgan fingerprint density at radius 3 is 1.56 bits per heavy atom. The van der Waals surface area contributed by atoms with Crippen LogP contribution in [-0.4, -0.2) is 24.9 Å². The van der Waals surface area contributed by atoms with Gasteiger partial charge in [-0.15, -0.1) is 0 Å². The average molecular weight is 796 g/mol. The molecule has 12 aromatic rings. The number of hydrogen-bond acceptors (Lipinski definition) is 7. The highest BCUT2D eigenvalue weighted by Crippen LogP contribution is 2.40. The van der Waals surface area contributed by atoms with Crippen LogP contribution in [0.25, 0.3) is 123 Å². The first kappa shape index (κ1) is 35.4. The molecule has 62 heavy (non-hydrogen) atoms. The predicted molar refractivity (Wildman–Crippen MR) is 248 cm³/mol. The van der Waals surface area contributed by atoms with Gasteiger partial charge < -0.3 is 8.83 Å². The first-order valence-electron chi connectivity index (χ1n) is 20.5. The minimum atomic E-state index is 0.580. The summed E-state index contributed by atoms with van der Waals surface area (Å²) >= 11 is 0. The van der Waals surface area contributed by atoms with Crippen molar-refractivity contribution in [3.8, 4) is 79.1 Å². The van der Waals surface area contributed by atoms with Crippen molar-refractivity contribution >= 4 is 44.0 Å². The van der Waals surface area contributed by atoms with Crippen molar-refractivity contribution in [3.63, 3.8) is 0 Å². The fourth-order valence-corrected chi connectivity index (χ4v) is 8.35. The van der Waals surface area contributed by atoms with E-state index in [0.29, 0.717) is 28.9 Å². The topological polar surface area (TPSA) is 90.7 Å². The molecule has 0 saturated heterocycles. The fourth-order valence-electron chi connectivity index (χ4n) is 8.35. The zero-order valence-electron chi connectivity index (χ0n) is 33.1. The van der Waals surface area contributed by atoms with Crippen molar-refractivity contribution in [3.05, 3.63) is 200 Å². The molecule has 0 fully saturated rings. The van der Waals surface area contributed by atoms with Gasteiger partial charge in [0.05, 0.1) is 0 Å². The van der Waals surface area contributed by atoms with Gasteiger partial charge in [-0.1, -0.05) is 158 Å². The number of fused-ring (bicyclic) bond motifs is 6. The lowest BCUT2D eigenvalue weighted by molar-refractivity contribution is 0.667. The van der Waals surface area contributed by atoms with Crippen molar-refractivity contribution in [1.82, 2.24) is 24.9 Å². The van der Waals surface area contributed by atoms with Gasteiger partial charge in [0, 0.05) is 44.0 Å². The third kappa shape index (κ3) is 6.19. The molecule has 0 aliphatic carbocycles. The molecule has 0 bridgehead atoms. The number of nitrogens with zero attached hydrogens (tertiary/aromatic N) is 5. The molecule has 0 spiro atoms. The zero-order valence-corrected chi connectivity index (χ0v) is 33.1. The molecule has 0 saturated carbocycles. The molecule has 7 nitrogen and oxygen atoms in total. The van der Waals surface area contributed by atoms with Crippen LogP contribution >= 0.6 is 0 Å². The molecule has 12 rings (SSSR count). The molecule has 0 amide bonds. The van der Waals surface area contributed by atoms with Crippen LogP contribution in [-0.2, 0) is 0 Å². The van der Waals surface area contributed by atoms with Gasteiger partial charge in [-0.05, 0) is 64.7 Å². The number of benzene rings is 8. The quantitative estimate of drug-likeness (QED) is 0.159. The summed E-state index contributed by atoms with van der Waals surface area (Å²) in [4.78, 5) is 25.4. The molecule has 290 valence electrons. The summed E-state index contributed by atoms with van der Waals surface area (Å²) < 4.78 is 13.1. The minimum absolute atomic E-state index is 0.580. The van der Waals surface area contributed by atoms with E-state index in [1.807, 2.05) is 97.1 Å². The summed E-state index contributed by atoms with van der Waals surface area (Å²) in [6.45, 7) is 0. The van der Waals surface area contributed by atoms with E-state index in [1.165, 1.54) is 0 Å². The Morgan fingerprint density at radius 1 is 0.290 bits per heavy atom. The van der Waals surface area contributed by atoms with Gasteiger partial charge in [0.15, 0.2) is 28.9 Å². The molecule has 0 atom stereocenters. The maximum atomic E-state index is 6.60. The molecule has 0 aliphatic rings. The Labute approximate surface area is 355 Å². The van der Waals surface area contributed by atoms with Gasteiger partial charge in [0.2, 0.25) is 0 Å². The van der Waals surface area contributed by atoms with E-state index in [1.54, 1.807) is 0 Å². The summed E-state index contributed by atoms with van der Waals surface area (Å²) in [6.07, 6.45) is 0. The van der Waals surface area contributed by atoms with Crippen molar-refractivity contribution < 1.29 is 8.83 Å². The lowest BCUT2D eigenvalue weighted by Crippen LogP contribution is -2.00. The second kappa shape index (κ2) is 14.6. The molecular formula is C55H33N5O2. The maximum absolute atomic E-state index is 6.60. The third-order valence-corrected chi connectivity index (χ3v) is 11.4. The number of furan rings is 2. The molecule has 0 N–H and O–H groups in total. The third-order valence-electron chi connectivity index (χ3n) is 11.4. The van der Waals surface area contributed by atoms with Crippen LogP contribution in [0.3, 0.4) is 0 Å². The molecular weight excluding hydrogens is 763 g/mol. The monoisotopic (exact) mass is 795 g/mol. The van der Waals surface area contributed by atoms with Crippen molar-refractivity contribution in [2.75, 3.05) is 0 Å². The number of para-hydroxylation sites is 1. The molecule has 0 unspecified atom stereocenters. The standard InChI is InChI=1S/C55H33N5O2/c1-4-15-34(16-5-1)37-21-12-23-40(31-37)49-51-50(43-25-10-11-27-45(43)62-51)57-54(56-49)41-24-13-22-38(32-41)39-29-30-42-47(33-39)61-46-28-14-26-44(48(42)46)55-59-52(35-17-6-2-7-18-35)58-53(60-55)36-19-8-3-9-20-36/h1-33H. The zero-order chi connectivity index (χ0) is 41.0. The molecule has 4 heterocycles. The second-order valence-electron chi connectivity index (χ2n) is 15.2. The van der Waals surface area contributed by atoms with Crippen molar-refractivity contribution in [1.29, 1.82) is 0 Å². The van der Waals surface area contributed by atoms with Crippen LogP contribution in [0.5, 0.6) is 0 Å². The average Bonchev–Trinajstić information content (AvgIpc) is 3.93. The minimum Gasteiger partial charge on any atom is -0.456 e. The van der Waals surface area contributed by atoms with Crippen molar-refractivity contribution in [2.45, 2.75) is 0 Å². The lowest BCUT2D eigenvalue weighted by Gasteiger charge is -2.10. The van der Waals surface area contributed by atoms with E-state index in [9.17, 15) is 0 Å². The molecule has 0 radical (unpaired) electrons. The molecule has 4 aromatic heterocycles. The van der Waals surface area contributed by atoms with Gasteiger partial charge in [0.1, 0.15) is 28.0 Å². The summed E-state index contributed by atoms with van der Waals surface area (Å²) in [5.41, 5.74) is 13.3. The Kier molecular flexibility index (Phi) is 8.35. The van der Waals surface area contributed by atoms with Crippen LogP contribution in [0.1, 0.15) is 0 Å². The fraction of sp³-hybridized carbons (Fsp3) is 0. The summed E-state index contributed by atoms with van der Waals surface area (Å²) in [5.74, 6) is 2.41. The van der Waals surface area contributed by atoms with E-state index >= 15 is 0 Å². The Hall–Kier alpha value is -8.55. The van der Waals surface area contributed by atoms with Crippen LogP contribution in [0.4, 0.5) is 0 Å². The van der Waals surface area contributed by atoms with E-state index < -0.39 is 0 Å². The van der Waals surface area contributed by atoms with E-state index in [0.717, 1.165) is 94.2 Å². The maximum Gasteiger partial charge on any atom is 0.180 e. The summed E-state index contributed by atoms with van der Waals surface area (Å²) in [7, 11) is 0. The predicted octanol–water partition coefficient (Wildman–Crippen LogP) is 14.1. The number of hydrogen-bond donors (Lipinski definition) is 0. The van der Waals surface area contributed by atoms with Gasteiger partial charge in [0.25, 0.3) is 0 Å². The van der Waals surface area contributed by atoms with Gasteiger partial charge in [-0.2, -0.15) is 0 Å². The summed E-state index contributed by atoms with van der Waals surface area (Å²) in [5, 5.41) is 2.87.